The Balaban J connectivity index is 1.69. The number of carboxylic acids is 1. The van der Waals surface area contributed by atoms with Gasteiger partial charge in [0.1, 0.15) is 0 Å². The number of fused-ring (bicyclic) bond motifs is 5. The lowest BCUT2D eigenvalue weighted by Gasteiger charge is -2.38. The van der Waals surface area contributed by atoms with Gasteiger partial charge >= 0.3 is 5.97 Å². The molecule has 0 aromatic heterocycles. The fourth-order valence-corrected chi connectivity index (χ4v) is 5.14. The highest BCUT2D eigenvalue weighted by Gasteiger charge is 2.44. The van der Waals surface area contributed by atoms with Crippen LogP contribution in [0.2, 0.25) is 0 Å². The summed E-state index contributed by atoms with van der Waals surface area (Å²) in [6.07, 6.45) is 0.934. The first-order chi connectivity index (χ1) is 14.6. The maximum absolute atomic E-state index is 12.0. The van der Waals surface area contributed by atoms with Crippen LogP contribution in [0, 0.1) is 5.92 Å². The summed E-state index contributed by atoms with van der Waals surface area (Å²) in [6.45, 7) is 0. The maximum Gasteiger partial charge on any atom is 0.337 e. The lowest BCUT2D eigenvalue weighted by molar-refractivity contribution is 0.0697. The van der Waals surface area contributed by atoms with Crippen molar-refractivity contribution in [3.05, 3.63) is 88.5 Å². The molecule has 0 unspecified atom stereocenters. The minimum Gasteiger partial charge on any atom is -0.493 e. The first-order valence-electron chi connectivity index (χ1n) is 10.0. The standard InChI is InChI=1S/C25H23NO4/c1-29-20-11-10-15(13-21(20)30-2)23-19-12-14-6-3-4-7-16(14)22(19)17-8-5-9-18(25(27)28)24(17)26-23/h3-11,13,19,22-23,26H,12H2,1-2H3,(H,27,28)/t19-,22+,23-/m0/s1. The zero-order valence-electron chi connectivity index (χ0n) is 16.9. The molecule has 1 aliphatic heterocycles. The Bertz CT molecular complexity index is 1140. The van der Waals surface area contributed by atoms with E-state index < -0.39 is 5.97 Å². The predicted molar refractivity (Wildman–Crippen MR) is 115 cm³/mol. The van der Waals surface area contributed by atoms with Crippen molar-refractivity contribution in [1.29, 1.82) is 0 Å². The molecule has 0 bridgehead atoms. The molecule has 0 radical (unpaired) electrons. The summed E-state index contributed by atoms with van der Waals surface area (Å²) >= 11 is 0. The number of benzene rings is 3. The smallest absolute Gasteiger partial charge is 0.337 e. The van der Waals surface area contributed by atoms with E-state index in [1.54, 1.807) is 20.3 Å². The second-order valence-corrected chi connectivity index (χ2v) is 7.86. The predicted octanol–water partition coefficient (Wildman–Crippen LogP) is 4.87. The summed E-state index contributed by atoms with van der Waals surface area (Å²) in [6, 6.07) is 20.0. The molecule has 0 spiro atoms. The summed E-state index contributed by atoms with van der Waals surface area (Å²) in [7, 11) is 3.25. The van der Waals surface area contributed by atoms with Crippen molar-refractivity contribution in [3.63, 3.8) is 0 Å². The molecular weight excluding hydrogens is 378 g/mol. The van der Waals surface area contributed by atoms with E-state index in [-0.39, 0.29) is 17.9 Å². The van der Waals surface area contributed by atoms with Crippen molar-refractivity contribution >= 4 is 11.7 Å². The largest absolute Gasteiger partial charge is 0.493 e. The van der Waals surface area contributed by atoms with Crippen LogP contribution in [0.1, 0.15) is 44.6 Å². The van der Waals surface area contributed by atoms with Crippen molar-refractivity contribution in [2.75, 3.05) is 19.5 Å². The number of aromatic carboxylic acids is 1. The molecule has 1 heterocycles. The van der Waals surface area contributed by atoms with Gasteiger partial charge in [-0.15, -0.1) is 0 Å². The fraction of sp³-hybridized carbons (Fsp3) is 0.240. The van der Waals surface area contributed by atoms with E-state index in [1.807, 2.05) is 24.3 Å². The molecule has 3 aromatic carbocycles. The Kier molecular flexibility index (Phi) is 4.39. The number of hydrogen-bond donors (Lipinski definition) is 2. The summed E-state index contributed by atoms with van der Waals surface area (Å²) in [5, 5.41) is 13.4. The van der Waals surface area contributed by atoms with Crippen LogP contribution >= 0.6 is 0 Å². The molecule has 1 aliphatic carbocycles. The minimum atomic E-state index is -0.921. The minimum absolute atomic E-state index is 0.0461. The Hall–Kier alpha value is -3.47. The third-order valence-corrected chi connectivity index (χ3v) is 6.43. The summed E-state index contributed by atoms with van der Waals surface area (Å²) < 4.78 is 10.9. The van der Waals surface area contributed by atoms with Crippen LogP contribution in [-0.4, -0.2) is 25.3 Å². The zero-order valence-corrected chi connectivity index (χ0v) is 16.9. The van der Waals surface area contributed by atoms with Gasteiger partial charge in [0.15, 0.2) is 11.5 Å². The van der Waals surface area contributed by atoms with Gasteiger partial charge < -0.3 is 19.9 Å². The van der Waals surface area contributed by atoms with Crippen LogP contribution in [0.3, 0.4) is 0 Å². The average molecular weight is 401 g/mol. The van der Waals surface area contributed by atoms with Gasteiger partial charge in [-0.1, -0.05) is 42.5 Å². The molecule has 5 heteroatoms. The monoisotopic (exact) mass is 401 g/mol. The molecule has 30 heavy (non-hydrogen) atoms. The fourth-order valence-electron chi connectivity index (χ4n) is 5.14. The SMILES string of the molecule is COc1ccc([C@@H]2Nc3c(C(=O)O)cccc3[C@H]3c4ccccc4C[C@@H]32)cc1OC. The van der Waals surface area contributed by atoms with E-state index in [9.17, 15) is 9.90 Å². The Morgan fingerprint density at radius 3 is 2.50 bits per heavy atom. The second-order valence-electron chi connectivity index (χ2n) is 7.86. The first-order valence-corrected chi connectivity index (χ1v) is 10.0. The molecular formula is C25H23NO4. The van der Waals surface area contributed by atoms with Crippen LogP contribution in [0.5, 0.6) is 11.5 Å². The second kappa shape index (κ2) is 7.10. The summed E-state index contributed by atoms with van der Waals surface area (Å²) in [5.41, 5.74) is 5.75. The van der Waals surface area contributed by atoms with Crippen molar-refractivity contribution in [2.24, 2.45) is 5.92 Å². The van der Waals surface area contributed by atoms with E-state index in [1.165, 1.54) is 11.1 Å². The maximum atomic E-state index is 12.0. The van der Waals surface area contributed by atoms with E-state index in [0.29, 0.717) is 22.7 Å². The van der Waals surface area contributed by atoms with E-state index in [2.05, 4.69) is 35.6 Å². The highest BCUT2D eigenvalue weighted by Crippen LogP contribution is 2.54. The van der Waals surface area contributed by atoms with Crippen molar-refractivity contribution in [3.8, 4) is 11.5 Å². The number of nitrogens with one attached hydrogen (secondary N) is 1. The van der Waals surface area contributed by atoms with Crippen LogP contribution in [0.25, 0.3) is 0 Å². The van der Waals surface area contributed by atoms with Gasteiger partial charge in [0.2, 0.25) is 0 Å². The van der Waals surface area contributed by atoms with Crippen molar-refractivity contribution in [1.82, 2.24) is 0 Å². The number of anilines is 1. The number of rotatable bonds is 4. The van der Waals surface area contributed by atoms with Gasteiger partial charge in [-0.05, 0) is 52.8 Å². The zero-order chi connectivity index (χ0) is 20.8. The number of ether oxygens (including phenoxy) is 2. The van der Waals surface area contributed by atoms with E-state index in [0.717, 1.165) is 17.5 Å². The number of hydrogen-bond acceptors (Lipinski definition) is 4. The molecule has 5 rings (SSSR count). The van der Waals surface area contributed by atoms with Gasteiger partial charge in [-0.2, -0.15) is 0 Å². The Labute approximate surface area is 175 Å². The number of carboxylic acid groups (broad SMARTS) is 1. The van der Waals surface area contributed by atoms with E-state index >= 15 is 0 Å². The molecule has 5 nitrogen and oxygen atoms in total. The third kappa shape index (κ3) is 2.73. The van der Waals surface area contributed by atoms with Crippen molar-refractivity contribution < 1.29 is 19.4 Å². The Morgan fingerprint density at radius 1 is 0.967 bits per heavy atom. The molecule has 3 aromatic rings. The summed E-state index contributed by atoms with van der Waals surface area (Å²) in [5.74, 6) is 0.846. The van der Waals surface area contributed by atoms with Gasteiger partial charge in [0, 0.05) is 5.92 Å². The first kappa shape index (κ1) is 18.6. The lowest BCUT2D eigenvalue weighted by Crippen LogP contribution is -2.31. The normalized spacial score (nSPS) is 21.1. The molecule has 3 atom stereocenters. The van der Waals surface area contributed by atoms with Crippen LogP contribution in [0.15, 0.2) is 60.7 Å². The molecule has 2 N–H and O–H groups in total. The average Bonchev–Trinajstić information content (AvgIpc) is 3.17. The van der Waals surface area contributed by atoms with E-state index in [4.69, 9.17) is 9.47 Å². The molecule has 2 aliphatic rings. The van der Waals surface area contributed by atoms with Crippen LogP contribution < -0.4 is 14.8 Å². The van der Waals surface area contributed by atoms with Crippen LogP contribution in [0.4, 0.5) is 5.69 Å². The third-order valence-electron chi connectivity index (χ3n) is 6.43. The van der Waals surface area contributed by atoms with Gasteiger partial charge in [-0.3, -0.25) is 0 Å². The molecule has 152 valence electrons. The number of methoxy groups -OCH3 is 2. The topological polar surface area (TPSA) is 67.8 Å². The quantitative estimate of drug-likeness (QED) is 0.653. The van der Waals surface area contributed by atoms with Gasteiger partial charge in [0.25, 0.3) is 0 Å². The Morgan fingerprint density at radius 2 is 1.73 bits per heavy atom. The van der Waals surface area contributed by atoms with Crippen molar-refractivity contribution in [2.45, 2.75) is 18.4 Å². The summed E-state index contributed by atoms with van der Waals surface area (Å²) in [4.78, 5) is 12.0. The highest BCUT2D eigenvalue weighted by atomic mass is 16.5. The van der Waals surface area contributed by atoms with Gasteiger partial charge in [0.05, 0.1) is 31.5 Å². The molecule has 0 amide bonds. The molecule has 0 saturated carbocycles. The number of carbonyl (C=O) groups is 1. The van der Waals surface area contributed by atoms with Gasteiger partial charge in [-0.25, -0.2) is 4.79 Å². The molecule has 0 saturated heterocycles. The highest BCUT2D eigenvalue weighted by molar-refractivity contribution is 5.96. The molecule has 0 fully saturated rings. The lowest BCUT2D eigenvalue weighted by atomic mass is 9.75. The van der Waals surface area contributed by atoms with Crippen LogP contribution in [-0.2, 0) is 6.42 Å². The number of para-hydroxylation sites is 1.